The van der Waals surface area contributed by atoms with Crippen molar-refractivity contribution in [2.45, 2.75) is 18.7 Å². The first-order valence-electron chi connectivity index (χ1n) is 5.43. The summed E-state index contributed by atoms with van der Waals surface area (Å²) in [5, 5.41) is 2.99. The van der Waals surface area contributed by atoms with Crippen LogP contribution in [-0.4, -0.2) is 28.1 Å². The highest BCUT2D eigenvalue weighted by Gasteiger charge is 2.14. The first-order valence-corrected chi connectivity index (χ1v) is 6.91. The van der Waals surface area contributed by atoms with Crippen LogP contribution >= 0.6 is 12.4 Å². The van der Waals surface area contributed by atoms with Crippen molar-refractivity contribution in [2.24, 2.45) is 0 Å². The van der Waals surface area contributed by atoms with Crippen molar-refractivity contribution in [2.75, 3.05) is 19.6 Å². The first-order chi connectivity index (χ1) is 7.95. The summed E-state index contributed by atoms with van der Waals surface area (Å²) in [6.07, 6.45) is 0. The van der Waals surface area contributed by atoms with Gasteiger partial charge in [0.2, 0.25) is 10.0 Å². The van der Waals surface area contributed by atoms with Gasteiger partial charge in [-0.2, -0.15) is 0 Å². The lowest BCUT2D eigenvalue weighted by molar-refractivity contribution is 0.573. The zero-order valence-electron chi connectivity index (χ0n) is 10.4. The van der Waals surface area contributed by atoms with E-state index in [1.165, 1.54) is 12.1 Å². The number of aryl methyl sites for hydroxylation is 1. The van der Waals surface area contributed by atoms with E-state index in [-0.39, 0.29) is 23.8 Å². The van der Waals surface area contributed by atoms with Gasteiger partial charge in [0.25, 0.3) is 0 Å². The van der Waals surface area contributed by atoms with E-state index in [0.717, 1.165) is 12.6 Å². The van der Waals surface area contributed by atoms with Crippen LogP contribution in [0, 0.1) is 12.7 Å². The fraction of sp³-hybridized carbons (Fsp3) is 0.455. The predicted molar refractivity (Wildman–Crippen MR) is 72.1 cm³/mol. The molecular formula is C11H18ClFN2O2S. The Hall–Kier alpha value is -0.690. The van der Waals surface area contributed by atoms with Gasteiger partial charge in [0.05, 0.1) is 4.90 Å². The Bertz CT molecular complexity index is 460. The van der Waals surface area contributed by atoms with Gasteiger partial charge in [-0.05, 0) is 37.2 Å². The van der Waals surface area contributed by atoms with Crippen LogP contribution in [0.4, 0.5) is 4.39 Å². The second kappa shape index (κ2) is 7.68. The molecule has 1 aromatic carbocycles. The van der Waals surface area contributed by atoms with Crippen molar-refractivity contribution >= 4 is 22.4 Å². The topological polar surface area (TPSA) is 58.2 Å². The molecule has 0 fully saturated rings. The number of nitrogens with one attached hydrogen (secondary N) is 2. The second-order valence-electron chi connectivity index (χ2n) is 3.72. The SMILES string of the molecule is CCNCCNS(=O)(=O)c1cc(C)cc(F)c1.Cl. The van der Waals surface area contributed by atoms with E-state index in [1.54, 1.807) is 6.92 Å². The van der Waals surface area contributed by atoms with E-state index in [9.17, 15) is 12.8 Å². The second-order valence-corrected chi connectivity index (χ2v) is 5.48. The third-order valence-corrected chi connectivity index (χ3v) is 3.61. The van der Waals surface area contributed by atoms with Crippen molar-refractivity contribution < 1.29 is 12.8 Å². The Labute approximate surface area is 113 Å². The van der Waals surface area contributed by atoms with E-state index in [1.807, 2.05) is 6.92 Å². The van der Waals surface area contributed by atoms with Gasteiger partial charge in [0, 0.05) is 13.1 Å². The highest BCUT2D eigenvalue weighted by atomic mass is 35.5. The first kappa shape index (κ1) is 17.3. The number of halogens is 2. The Balaban J connectivity index is 0.00000289. The highest BCUT2D eigenvalue weighted by molar-refractivity contribution is 7.89. The molecule has 0 amide bonds. The number of sulfonamides is 1. The smallest absolute Gasteiger partial charge is 0.240 e. The number of hydrogen-bond acceptors (Lipinski definition) is 3. The molecule has 0 bridgehead atoms. The van der Waals surface area contributed by atoms with Crippen LogP contribution in [0.1, 0.15) is 12.5 Å². The molecule has 104 valence electrons. The Morgan fingerprint density at radius 3 is 2.44 bits per heavy atom. The fourth-order valence-electron chi connectivity index (χ4n) is 1.39. The van der Waals surface area contributed by atoms with Crippen molar-refractivity contribution in [3.05, 3.63) is 29.6 Å². The third-order valence-electron chi connectivity index (χ3n) is 2.17. The third kappa shape index (κ3) is 5.30. The molecule has 4 nitrogen and oxygen atoms in total. The normalized spacial score (nSPS) is 11.1. The summed E-state index contributed by atoms with van der Waals surface area (Å²) in [7, 11) is -3.62. The van der Waals surface area contributed by atoms with Gasteiger partial charge in [-0.1, -0.05) is 6.92 Å². The predicted octanol–water partition coefficient (Wildman–Crippen LogP) is 1.44. The molecule has 0 aliphatic heterocycles. The van der Waals surface area contributed by atoms with Gasteiger partial charge in [-0.25, -0.2) is 17.5 Å². The molecule has 0 atom stereocenters. The Kier molecular flexibility index (Phi) is 7.39. The number of benzene rings is 1. The number of likely N-dealkylation sites (N-methyl/N-ethyl adjacent to an activating group) is 1. The van der Waals surface area contributed by atoms with Crippen LogP contribution in [-0.2, 0) is 10.0 Å². The fourth-order valence-corrected chi connectivity index (χ4v) is 2.54. The zero-order valence-corrected chi connectivity index (χ0v) is 12.0. The van der Waals surface area contributed by atoms with E-state index >= 15 is 0 Å². The summed E-state index contributed by atoms with van der Waals surface area (Å²) in [5.41, 5.74) is 0.581. The summed E-state index contributed by atoms with van der Waals surface area (Å²) in [4.78, 5) is -0.0356. The van der Waals surface area contributed by atoms with Gasteiger partial charge in [0.15, 0.2) is 0 Å². The minimum atomic E-state index is -3.62. The Morgan fingerprint density at radius 1 is 1.22 bits per heavy atom. The molecule has 0 radical (unpaired) electrons. The summed E-state index contributed by atoms with van der Waals surface area (Å²) in [6, 6.07) is 3.75. The van der Waals surface area contributed by atoms with Crippen molar-refractivity contribution in [3.8, 4) is 0 Å². The molecule has 0 aliphatic rings. The van der Waals surface area contributed by atoms with Gasteiger partial charge in [0.1, 0.15) is 5.82 Å². The van der Waals surface area contributed by atoms with Crippen molar-refractivity contribution in [3.63, 3.8) is 0 Å². The van der Waals surface area contributed by atoms with E-state index < -0.39 is 15.8 Å². The lowest BCUT2D eigenvalue weighted by atomic mass is 10.2. The lowest BCUT2D eigenvalue weighted by Gasteiger charge is -2.08. The minimum absolute atomic E-state index is 0. The molecule has 0 spiro atoms. The van der Waals surface area contributed by atoms with Gasteiger partial charge >= 0.3 is 0 Å². The maximum atomic E-state index is 13.1. The average molecular weight is 297 g/mol. The van der Waals surface area contributed by atoms with Gasteiger partial charge < -0.3 is 5.32 Å². The molecule has 0 heterocycles. The standard InChI is InChI=1S/C11H17FN2O2S.ClH/c1-3-13-4-5-14-17(15,16)11-7-9(2)6-10(12)8-11;/h6-8,13-14H,3-5H2,1-2H3;1H. The molecule has 0 aliphatic carbocycles. The van der Waals surface area contributed by atoms with Gasteiger partial charge in [-0.15, -0.1) is 12.4 Å². The Morgan fingerprint density at radius 2 is 1.89 bits per heavy atom. The summed E-state index contributed by atoms with van der Waals surface area (Å²) < 4.78 is 39.1. The summed E-state index contributed by atoms with van der Waals surface area (Å²) in [6.45, 7) is 5.20. The minimum Gasteiger partial charge on any atom is -0.316 e. The average Bonchev–Trinajstić information content (AvgIpc) is 2.23. The van der Waals surface area contributed by atoms with Crippen LogP contribution in [0.2, 0.25) is 0 Å². The molecule has 18 heavy (non-hydrogen) atoms. The van der Waals surface area contributed by atoms with Crippen LogP contribution in [0.15, 0.2) is 23.1 Å². The highest BCUT2D eigenvalue weighted by Crippen LogP contribution is 2.13. The maximum Gasteiger partial charge on any atom is 0.240 e. The quantitative estimate of drug-likeness (QED) is 0.781. The lowest BCUT2D eigenvalue weighted by Crippen LogP contribution is -2.31. The molecule has 7 heteroatoms. The van der Waals surface area contributed by atoms with Crippen LogP contribution in [0.25, 0.3) is 0 Å². The molecule has 0 aromatic heterocycles. The van der Waals surface area contributed by atoms with Crippen molar-refractivity contribution in [1.29, 1.82) is 0 Å². The van der Waals surface area contributed by atoms with Gasteiger partial charge in [-0.3, -0.25) is 0 Å². The summed E-state index contributed by atoms with van der Waals surface area (Å²) >= 11 is 0. The van der Waals surface area contributed by atoms with Crippen LogP contribution in [0.5, 0.6) is 0 Å². The molecule has 1 aromatic rings. The molecule has 0 unspecified atom stereocenters. The van der Waals surface area contributed by atoms with E-state index in [0.29, 0.717) is 12.1 Å². The van der Waals surface area contributed by atoms with Crippen LogP contribution < -0.4 is 10.0 Å². The summed E-state index contributed by atoms with van der Waals surface area (Å²) in [5.74, 6) is -0.544. The molecular weight excluding hydrogens is 279 g/mol. The number of hydrogen-bond donors (Lipinski definition) is 2. The molecule has 1 rings (SSSR count). The van der Waals surface area contributed by atoms with E-state index in [4.69, 9.17) is 0 Å². The molecule has 2 N–H and O–H groups in total. The molecule has 0 saturated heterocycles. The monoisotopic (exact) mass is 296 g/mol. The number of rotatable bonds is 6. The van der Waals surface area contributed by atoms with Crippen molar-refractivity contribution in [1.82, 2.24) is 10.0 Å². The van der Waals surface area contributed by atoms with E-state index in [2.05, 4.69) is 10.0 Å². The molecule has 0 saturated carbocycles. The zero-order chi connectivity index (χ0) is 12.9. The van der Waals surface area contributed by atoms with Crippen LogP contribution in [0.3, 0.4) is 0 Å². The largest absolute Gasteiger partial charge is 0.316 e. The maximum absolute atomic E-state index is 13.1.